The van der Waals surface area contributed by atoms with Crippen LogP contribution in [0.4, 0.5) is 0 Å². The molecule has 0 bridgehead atoms. The van der Waals surface area contributed by atoms with Crippen molar-refractivity contribution in [2.75, 3.05) is 6.54 Å². The molecule has 0 aromatic carbocycles. The monoisotopic (exact) mass is 147 g/mol. The molecule has 0 fully saturated rings. The fourth-order valence-corrected chi connectivity index (χ4v) is 1.35. The summed E-state index contributed by atoms with van der Waals surface area (Å²) in [4.78, 5) is 13.2. The van der Waals surface area contributed by atoms with E-state index in [-0.39, 0.29) is 11.8 Å². The van der Waals surface area contributed by atoms with E-state index in [0.717, 1.165) is 6.54 Å². The summed E-state index contributed by atoms with van der Waals surface area (Å²) in [7, 11) is 0. The molecule has 0 aromatic heterocycles. The summed E-state index contributed by atoms with van der Waals surface area (Å²) in [6.45, 7) is 0.844. The van der Waals surface area contributed by atoms with Crippen molar-refractivity contribution in [1.82, 2.24) is 4.90 Å². The van der Waals surface area contributed by atoms with E-state index in [2.05, 4.69) is 0 Å². The van der Waals surface area contributed by atoms with Crippen LogP contribution in [0.25, 0.3) is 0 Å². The van der Waals surface area contributed by atoms with E-state index in [0.29, 0.717) is 0 Å². The lowest BCUT2D eigenvalue weighted by molar-refractivity contribution is -0.117. The van der Waals surface area contributed by atoms with Crippen molar-refractivity contribution in [2.24, 2.45) is 0 Å². The van der Waals surface area contributed by atoms with Crippen molar-refractivity contribution in [3.05, 3.63) is 36.6 Å². The molecule has 0 spiro atoms. The predicted molar refractivity (Wildman–Crippen MR) is 42.9 cm³/mol. The van der Waals surface area contributed by atoms with Gasteiger partial charge in [0, 0.05) is 12.7 Å². The SMILES string of the molecule is O=C1C=CCN2C=CC=CC12. The second kappa shape index (κ2) is 2.38. The lowest BCUT2D eigenvalue weighted by Gasteiger charge is -2.29. The van der Waals surface area contributed by atoms with Crippen LogP contribution in [-0.2, 0) is 4.79 Å². The molecular weight excluding hydrogens is 138 g/mol. The Morgan fingerprint density at radius 1 is 1.45 bits per heavy atom. The number of carbonyl (C=O) groups is 1. The molecule has 56 valence electrons. The molecule has 1 atom stereocenters. The first-order valence-electron chi connectivity index (χ1n) is 3.69. The van der Waals surface area contributed by atoms with E-state index in [1.807, 2.05) is 35.4 Å². The standard InChI is InChI=1S/C9H9NO/c11-9-5-3-7-10-6-2-1-4-8(9)10/h1-6,8H,7H2. The van der Waals surface area contributed by atoms with E-state index in [9.17, 15) is 4.79 Å². The van der Waals surface area contributed by atoms with Crippen LogP contribution < -0.4 is 0 Å². The van der Waals surface area contributed by atoms with Crippen LogP contribution in [0.15, 0.2) is 36.6 Å². The number of carbonyl (C=O) groups excluding carboxylic acids is 1. The average Bonchev–Trinajstić information content (AvgIpc) is 2.06. The van der Waals surface area contributed by atoms with Crippen molar-refractivity contribution < 1.29 is 4.79 Å². The van der Waals surface area contributed by atoms with Gasteiger partial charge in [-0.15, -0.1) is 0 Å². The topological polar surface area (TPSA) is 20.3 Å². The Morgan fingerprint density at radius 2 is 2.36 bits per heavy atom. The van der Waals surface area contributed by atoms with Gasteiger partial charge >= 0.3 is 0 Å². The molecule has 1 unspecified atom stereocenters. The first-order valence-corrected chi connectivity index (χ1v) is 3.69. The van der Waals surface area contributed by atoms with Gasteiger partial charge in [0.25, 0.3) is 0 Å². The second-order valence-corrected chi connectivity index (χ2v) is 2.67. The van der Waals surface area contributed by atoms with Crippen LogP contribution in [0.1, 0.15) is 0 Å². The number of allylic oxidation sites excluding steroid dienone is 2. The molecule has 2 rings (SSSR count). The maximum Gasteiger partial charge on any atom is 0.181 e. The van der Waals surface area contributed by atoms with E-state index in [4.69, 9.17) is 0 Å². The number of rotatable bonds is 0. The minimum atomic E-state index is -0.0370. The molecule has 0 saturated heterocycles. The molecule has 0 N–H and O–H groups in total. The third-order valence-corrected chi connectivity index (χ3v) is 1.93. The van der Waals surface area contributed by atoms with Gasteiger partial charge in [0.2, 0.25) is 0 Å². The molecule has 2 aliphatic heterocycles. The van der Waals surface area contributed by atoms with Crippen molar-refractivity contribution in [1.29, 1.82) is 0 Å². The molecule has 2 heteroatoms. The summed E-state index contributed by atoms with van der Waals surface area (Å²) in [5, 5.41) is 0. The van der Waals surface area contributed by atoms with Gasteiger partial charge in [0.1, 0.15) is 6.04 Å². The molecule has 0 aliphatic carbocycles. The van der Waals surface area contributed by atoms with Crippen LogP contribution in [-0.4, -0.2) is 23.3 Å². The van der Waals surface area contributed by atoms with Gasteiger partial charge in [-0.25, -0.2) is 0 Å². The number of hydrogen-bond acceptors (Lipinski definition) is 2. The van der Waals surface area contributed by atoms with Crippen molar-refractivity contribution in [2.45, 2.75) is 6.04 Å². The van der Waals surface area contributed by atoms with Gasteiger partial charge in [0.05, 0.1) is 0 Å². The van der Waals surface area contributed by atoms with Gasteiger partial charge in [-0.3, -0.25) is 4.79 Å². The first kappa shape index (κ1) is 6.40. The Balaban J connectivity index is 2.30. The Labute approximate surface area is 65.5 Å². The second-order valence-electron chi connectivity index (χ2n) is 2.67. The fourth-order valence-electron chi connectivity index (χ4n) is 1.35. The summed E-state index contributed by atoms with van der Waals surface area (Å²) in [5.41, 5.74) is 0. The molecule has 0 amide bonds. The zero-order valence-electron chi connectivity index (χ0n) is 6.10. The molecule has 11 heavy (non-hydrogen) atoms. The summed E-state index contributed by atoms with van der Waals surface area (Å²) in [5.74, 6) is 0.178. The highest BCUT2D eigenvalue weighted by Crippen LogP contribution is 2.13. The van der Waals surface area contributed by atoms with Gasteiger partial charge in [0.15, 0.2) is 5.78 Å². The van der Waals surface area contributed by atoms with E-state index >= 15 is 0 Å². The molecular formula is C9H9NO. The quantitative estimate of drug-likeness (QED) is 0.507. The zero-order chi connectivity index (χ0) is 7.68. The number of fused-ring (bicyclic) bond motifs is 1. The van der Waals surface area contributed by atoms with Crippen LogP contribution in [0, 0.1) is 0 Å². The maximum atomic E-state index is 11.2. The Hall–Kier alpha value is -1.31. The highest BCUT2D eigenvalue weighted by atomic mass is 16.1. The largest absolute Gasteiger partial charge is 0.360 e. The predicted octanol–water partition coefficient (Wildman–Crippen LogP) is 0.879. The lowest BCUT2D eigenvalue weighted by Crippen LogP contribution is -2.39. The summed E-state index contributed by atoms with van der Waals surface area (Å²) in [6.07, 6.45) is 11.3. The zero-order valence-corrected chi connectivity index (χ0v) is 6.10. The summed E-state index contributed by atoms with van der Waals surface area (Å²) in [6, 6.07) is -0.0370. The average molecular weight is 147 g/mol. The fraction of sp³-hybridized carbons (Fsp3) is 0.222. The first-order chi connectivity index (χ1) is 5.38. The Kier molecular flexibility index (Phi) is 1.39. The normalized spacial score (nSPS) is 27.5. The van der Waals surface area contributed by atoms with Crippen LogP contribution in [0.5, 0.6) is 0 Å². The van der Waals surface area contributed by atoms with Gasteiger partial charge < -0.3 is 4.90 Å². The Morgan fingerprint density at radius 3 is 3.18 bits per heavy atom. The third kappa shape index (κ3) is 1.00. The lowest BCUT2D eigenvalue weighted by atomic mass is 10.0. The minimum Gasteiger partial charge on any atom is -0.360 e. The number of hydrogen-bond donors (Lipinski definition) is 0. The number of nitrogens with zero attached hydrogens (tertiary/aromatic N) is 1. The van der Waals surface area contributed by atoms with Crippen LogP contribution in [0.2, 0.25) is 0 Å². The van der Waals surface area contributed by atoms with Gasteiger partial charge in [-0.1, -0.05) is 18.2 Å². The van der Waals surface area contributed by atoms with E-state index in [1.165, 1.54) is 0 Å². The third-order valence-electron chi connectivity index (χ3n) is 1.93. The van der Waals surface area contributed by atoms with Crippen molar-refractivity contribution in [3.8, 4) is 0 Å². The number of ketones is 1. The highest BCUT2D eigenvalue weighted by molar-refractivity contribution is 5.96. The van der Waals surface area contributed by atoms with Gasteiger partial charge in [-0.2, -0.15) is 0 Å². The molecule has 0 saturated carbocycles. The highest BCUT2D eigenvalue weighted by Gasteiger charge is 2.22. The van der Waals surface area contributed by atoms with E-state index < -0.39 is 0 Å². The van der Waals surface area contributed by atoms with Crippen molar-refractivity contribution >= 4 is 5.78 Å². The minimum absolute atomic E-state index is 0.0370. The smallest absolute Gasteiger partial charge is 0.181 e. The summed E-state index contributed by atoms with van der Waals surface area (Å²) < 4.78 is 0. The van der Waals surface area contributed by atoms with Crippen LogP contribution >= 0.6 is 0 Å². The molecule has 2 heterocycles. The van der Waals surface area contributed by atoms with Crippen LogP contribution in [0.3, 0.4) is 0 Å². The Bertz CT molecular complexity index is 263. The maximum absolute atomic E-state index is 11.2. The summed E-state index contributed by atoms with van der Waals surface area (Å²) >= 11 is 0. The van der Waals surface area contributed by atoms with Crippen molar-refractivity contribution in [3.63, 3.8) is 0 Å². The molecule has 2 nitrogen and oxygen atoms in total. The molecule has 2 aliphatic rings. The molecule has 0 aromatic rings. The van der Waals surface area contributed by atoms with E-state index in [1.54, 1.807) is 6.08 Å². The van der Waals surface area contributed by atoms with Gasteiger partial charge in [-0.05, 0) is 12.2 Å². The molecule has 0 radical (unpaired) electrons.